The Morgan fingerprint density at radius 2 is 1.74 bits per heavy atom. The molecule has 0 saturated carbocycles. The van der Waals surface area contributed by atoms with E-state index in [1.165, 1.54) is 0 Å². The van der Waals surface area contributed by atoms with Crippen LogP contribution in [0.1, 0.15) is 22.3 Å². The number of allylic oxidation sites excluding steroid dienone is 1. The molecule has 0 aliphatic rings. The molecule has 0 radical (unpaired) electrons. The predicted octanol–water partition coefficient (Wildman–Crippen LogP) is 3.05. The van der Waals surface area contributed by atoms with Gasteiger partial charge in [-0.15, -0.1) is 0 Å². The smallest absolute Gasteiger partial charge is 0.161 e. The first-order chi connectivity index (χ1) is 13.1. The molecule has 2 aromatic rings. The van der Waals surface area contributed by atoms with Crippen molar-refractivity contribution in [3.8, 4) is 11.5 Å². The summed E-state index contributed by atoms with van der Waals surface area (Å²) in [5.74, 6) is 1.38. The van der Waals surface area contributed by atoms with Crippen LogP contribution in [-0.2, 0) is 19.6 Å². The van der Waals surface area contributed by atoms with Gasteiger partial charge in [-0.25, -0.2) is 0 Å². The van der Waals surface area contributed by atoms with E-state index in [1.54, 1.807) is 14.2 Å². The van der Waals surface area contributed by atoms with Crippen LogP contribution in [0.5, 0.6) is 11.5 Å². The standard InChI is InChI=1S/C22H27NO4/c1-16(4-5-17-7-9-21(26-2)22(13-17)27-3)23-11-10-18-6-8-19(14-24)20(12-18)15-25/h4-9,12-13,23-25H,1,10-11,14-15H2,2-3H3/b5-4+. The third-order valence-corrected chi connectivity index (χ3v) is 4.26. The Kier molecular flexibility index (Phi) is 7.92. The summed E-state index contributed by atoms with van der Waals surface area (Å²) in [6.07, 6.45) is 4.66. The summed E-state index contributed by atoms with van der Waals surface area (Å²) in [7, 11) is 3.22. The van der Waals surface area contributed by atoms with Gasteiger partial charge in [0.1, 0.15) is 0 Å². The lowest BCUT2D eigenvalue weighted by atomic mass is 10.0. The summed E-state index contributed by atoms with van der Waals surface area (Å²) in [6.45, 7) is 4.60. The Morgan fingerprint density at radius 1 is 1.00 bits per heavy atom. The SMILES string of the molecule is C=C(/C=C/c1ccc(OC)c(OC)c1)NCCc1ccc(CO)c(CO)c1. The number of ether oxygens (including phenoxy) is 2. The Hall–Kier alpha value is -2.76. The molecule has 27 heavy (non-hydrogen) atoms. The predicted molar refractivity (Wildman–Crippen MR) is 108 cm³/mol. The highest BCUT2D eigenvalue weighted by molar-refractivity contribution is 5.57. The van der Waals surface area contributed by atoms with E-state index in [0.717, 1.165) is 40.9 Å². The number of rotatable bonds is 10. The molecule has 0 aliphatic heterocycles. The molecule has 0 amide bonds. The van der Waals surface area contributed by atoms with E-state index in [2.05, 4.69) is 11.9 Å². The molecule has 3 N–H and O–H groups in total. The Morgan fingerprint density at radius 3 is 2.41 bits per heavy atom. The van der Waals surface area contributed by atoms with Gasteiger partial charge in [0.05, 0.1) is 27.4 Å². The average Bonchev–Trinajstić information content (AvgIpc) is 2.71. The van der Waals surface area contributed by atoms with Gasteiger partial charge in [0, 0.05) is 12.2 Å². The molecule has 0 bridgehead atoms. The average molecular weight is 369 g/mol. The summed E-state index contributed by atoms with van der Waals surface area (Å²) in [4.78, 5) is 0. The maximum Gasteiger partial charge on any atom is 0.161 e. The normalized spacial score (nSPS) is 10.8. The minimum Gasteiger partial charge on any atom is -0.493 e. The number of aliphatic hydroxyl groups is 2. The highest BCUT2D eigenvalue weighted by atomic mass is 16.5. The molecular formula is C22H27NO4. The molecule has 0 spiro atoms. The molecule has 2 aromatic carbocycles. The lowest BCUT2D eigenvalue weighted by molar-refractivity contribution is 0.260. The molecular weight excluding hydrogens is 342 g/mol. The molecule has 0 unspecified atom stereocenters. The third kappa shape index (κ3) is 5.88. The van der Waals surface area contributed by atoms with Crippen LogP contribution in [0.4, 0.5) is 0 Å². The van der Waals surface area contributed by atoms with Gasteiger partial charge in [-0.1, -0.05) is 36.9 Å². The third-order valence-electron chi connectivity index (χ3n) is 4.26. The van der Waals surface area contributed by atoms with Gasteiger partial charge in [-0.05, 0) is 46.9 Å². The van der Waals surface area contributed by atoms with Gasteiger partial charge in [0.15, 0.2) is 11.5 Å². The van der Waals surface area contributed by atoms with Crippen LogP contribution in [0.3, 0.4) is 0 Å². The van der Waals surface area contributed by atoms with Crippen molar-refractivity contribution in [3.05, 3.63) is 77.0 Å². The molecule has 0 aliphatic carbocycles. The summed E-state index contributed by atoms with van der Waals surface area (Å²) in [6, 6.07) is 11.5. The molecule has 5 nitrogen and oxygen atoms in total. The molecule has 0 saturated heterocycles. The summed E-state index contributed by atoms with van der Waals surface area (Å²) in [5, 5.41) is 21.9. The van der Waals surface area contributed by atoms with Crippen molar-refractivity contribution >= 4 is 6.08 Å². The number of hydrogen-bond donors (Lipinski definition) is 3. The van der Waals surface area contributed by atoms with E-state index in [1.807, 2.05) is 48.6 Å². The second-order valence-corrected chi connectivity index (χ2v) is 6.07. The quantitative estimate of drug-likeness (QED) is 0.562. The fourth-order valence-electron chi connectivity index (χ4n) is 2.72. The largest absolute Gasteiger partial charge is 0.493 e. The fourth-order valence-corrected chi connectivity index (χ4v) is 2.72. The summed E-state index contributed by atoms with van der Waals surface area (Å²) < 4.78 is 10.5. The Labute approximate surface area is 160 Å². The van der Waals surface area contributed by atoms with Crippen LogP contribution in [0.25, 0.3) is 6.08 Å². The van der Waals surface area contributed by atoms with Crippen LogP contribution in [0.15, 0.2) is 54.8 Å². The fraction of sp³-hybridized carbons (Fsp3) is 0.273. The van der Waals surface area contributed by atoms with Crippen LogP contribution in [0, 0.1) is 0 Å². The lowest BCUT2D eigenvalue weighted by Gasteiger charge is -2.10. The van der Waals surface area contributed by atoms with Crippen LogP contribution < -0.4 is 14.8 Å². The number of aliphatic hydroxyl groups excluding tert-OH is 2. The van der Waals surface area contributed by atoms with Gasteiger partial charge in [-0.2, -0.15) is 0 Å². The molecule has 2 rings (SSSR count). The lowest BCUT2D eigenvalue weighted by Crippen LogP contribution is -2.14. The van der Waals surface area contributed by atoms with E-state index in [9.17, 15) is 10.2 Å². The zero-order chi connectivity index (χ0) is 19.6. The second-order valence-electron chi connectivity index (χ2n) is 6.07. The molecule has 5 heteroatoms. The first-order valence-corrected chi connectivity index (χ1v) is 8.76. The number of nitrogens with one attached hydrogen (secondary N) is 1. The van der Waals surface area contributed by atoms with Crippen molar-refractivity contribution in [1.82, 2.24) is 5.32 Å². The van der Waals surface area contributed by atoms with E-state index in [-0.39, 0.29) is 13.2 Å². The molecule has 144 valence electrons. The molecule has 0 fully saturated rings. The zero-order valence-electron chi connectivity index (χ0n) is 15.9. The van der Waals surface area contributed by atoms with Crippen molar-refractivity contribution in [2.45, 2.75) is 19.6 Å². The van der Waals surface area contributed by atoms with Gasteiger partial charge in [0.25, 0.3) is 0 Å². The topological polar surface area (TPSA) is 71.0 Å². The van der Waals surface area contributed by atoms with Gasteiger partial charge in [0.2, 0.25) is 0 Å². The number of hydrogen-bond acceptors (Lipinski definition) is 5. The summed E-state index contributed by atoms with van der Waals surface area (Å²) in [5.41, 5.74) is 4.42. The van der Waals surface area contributed by atoms with Gasteiger partial charge in [-0.3, -0.25) is 0 Å². The van der Waals surface area contributed by atoms with Gasteiger partial charge >= 0.3 is 0 Å². The monoisotopic (exact) mass is 369 g/mol. The first kappa shape index (κ1) is 20.6. The first-order valence-electron chi connectivity index (χ1n) is 8.76. The van der Waals surface area contributed by atoms with Crippen molar-refractivity contribution in [2.75, 3.05) is 20.8 Å². The van der Waals surface area contributed by atoms with E-state index >= 15 is 0 Å². The van der Waals surface area contributed by atoms with Crippen molar-refractivity contribution in [2.24, 2.45) is 0 Å². The molecule has 0 heterocycles. The van der Waals surface area contributed by atoms with Crippen LogP contribution >= 0.6 is 0 Å². The maximum absolute atomic E-state index is 9.37. The van der Waals surface area contributed by atoms with Crippen molar-refractivity contribution in [3.63, 3.8) is 0 Å². The maximum atomic E-state index is 9.37. The van der Waals surface area contributed by atoms with E-state index in [4.69, 9.17) is 9.47 Å². The summed E-state index contributed by atoms with van der Waals surface area (Å²) >= 11 is 0. The Balaban J connectivity index is 1.88. The van der Waals surface area contributed by atoms with Crippen LogP contribution in [-0.4, -0.2) is 31.0 Å². The number of benzene rings is 2. The number of methoxy groups -OCH3 is 2. The zero-order valence-corrected chi connectivity index (χ0v) is 15.9. The van der Waals surface area contributed by atoms with E-state index in [0.29, 0.717) is 11.5 Å². The Bertz CT molecular complexity index is 799. The molecule has 0 aromatic heterocycles. The molecule has 0 atom stereocenters. The van der Waals surface area contributed by atoms with Crippen molar-refractivity contribution < 1.29 is 19.7 Å². The van der Waals surface area contributed by atoms with Gasteiger partial charge < -0.3 is 25.0 Å². The minimum absolute atomic E-state index is 0.0633. The van der Waals surface area contributed by atoms with Crippen LogP contribution in [0.2, 0.25) is 0 Å². The van der Waals surface area contributed by atoms with E-state index < -0.39 is 0 Å². The highest BCUT2D eigenvalue weighted by Crippen LogP contribution is 2.28. The highest BCUT2D eigenvalue weighted by Gasteiger charge is 2.04. The second kappa shape index (κ2) is 10.4. The minimum atomic E-state index is -0.0715. The van der Waals surface area contributed by atoms with Crippen molar-refractivity contribution in [1.29, 1.82) is 0 Å².